The topological polar surface area (TPSA) is 22.0 Å². The second kappa shape index (κ2) is 3.37. The molecule has 0 fully saturated rings. The zero-order valence-electron chi connectivity index (χ0n) is 5.95. The fraction of sp³-hybridized carbons (Fsp3) is 0.125. The average Bonchev–Trinajstić information content (AvgIpc) is 1.98. The lowest BCUT2D eigenvalue weighted by atomic mass is 10.4. The van der Waals surface area contributed by atoms with Crippen LogP contribution in [0.5, 0.6) is 0 Å². The molecule has 0 radical (unpaired) electrons. The molecule has 0 aliphatic rings. The second-order valence-electron chi connectivity index (χ2n) is 2.13. The number of hydrogen-bond acceptors (Lipinski definition) is 1. The number of pyridine rings is 1. The van der Waals surface area contributed by atoms with Crippen LogP contribution in [-0.4, -0.2) is 4.57 Å². The zero-order valence-corrected chi connectivity index (χ0v) is 7.10. The molecule has 1 atom stereocenters. The minimum Gasteiger partial charge on any atom is -0.303 e. The van der Waals surface area contributed by atoms with E-state index in [1.165, 1.54) is 10.6 Å². The molecule has 3 heteroatoms. The van der Waals surface area contributed by atoms with E-state index in [4.69, 9.17) is 6.42 Å². The minimum absolute atomic E-state index is 0.0610. The quantitative estimate of drug-likeness (QED) is 0.423. The van der Waals surface area contributed by atoms with Crippen molar-refractivity contribution in [1.29, 1.82) is 0 Å². The van der Waals surface area contributed by atoms with Crippen LogP contribution >= 0.6 is 9.24 Å². The third kappa shape index (κ3) is 1.93. The summed E-state index contributed by atoms with van der Waals surface area (Å²) in [6, 6.07) is 3.24. The Kier molecular flexibility index (Phi) is 2.46. The lowest BCUT2D eigenvalue weighted by Crippen LogP contribution is -2.20. The number of aromatic nitrogens is 1. The maximum atomic E-state index is 11.0. The van der Waals surface area contributed by atoms with Gasteiger partial charge in [-0.05, 0) is 11.4 Å². The van der Waals surface area contributed by atoms with Crippen LogP contribution in [0.1, 0.15) is 0 Å². The zero-order chi connectivity index (χ0) is 8.27. The molecular formula is C8H8NOP. The first-order valence-corrected chi connectivity index (χ1v) is 3.71. The van der Waals surface area contributed by atoms with Gasteiger partial charge in [0.1, 0.15) is 0 Å². The number of nitrogens with zero attached hydrogens (tertiary/aromatic N) is 1. The van der Waals surface area contributed by atoms with Crippen molar-refractivity contribution in [3.05, 3.63) is 28.7 Å². The largest absolute Gasteiger partial charge is 0.303 e. The lowest BCUT2D eigenvalue weighted by Gasteiger charge is -1.99. The van der Waals surface area contributed by atoms with Gasteiger partial charge >= 0.3 is 0 Å². The molecule has 0 amide bonds. The third-order valence-corrected chi connectivity index (χ3v) is 1.61. The highest BCUT2D eigenvalue weighted by Crippen LogP contribution is 1.85. The molecule has 0 aromatic carbocycles. The summed E-state index contributed by atoms with van der Waals surface area (Å²) in [5.41, 5.74) is -0.0610. The van der Waals surface area contributed by atoms with Gasteiger partial charge in [-0.15, -0.1) is 15.7 Å². The van der Waals surface area contributed by atoms with Crippen LogP contribution in [0.3, 0.4) is 0 Å². The molecule has 0 aliphatic carbocycles. The van der Waals surface area contributed by atoms with Crippen LogP contribution < -0.4 is 10.9 Å². The Bertz CT molecular complexity index is 348. The van der Waals surface area contributed by atoms with Crippen molar-refractivity contribution >= 4 is 14.5 Å². The first-order valence-electron chi connectivity index (χ1n) is 3.13. The van der Waals surface area contributed by atoms with Gasteiger partial charge in [0.25, 0.3) is 5.56 Å². The summed E-state index contributed by atoms with van der Waals surface area (Å²) >= 11 is 0. The van der Waals surface area contributed by atoms with E-state index < -0.39 is 0 Å². The van der Waals surface area contributed by atoms with Crippen molar-refractivity contribution < 1.29 is 0 Å². The molecule has 0 spiro atoms. The smallest absolute Gasteiger partial charge is 0.251 e. The van der Waals surface area contributed by atoms with Crippen LogP contribution in [0.2, 0.25) is 0 Å². The predicted molar refractivity (Wildman–Crippen MR) is 48.9 cm³/mol. The standard InChI is InChI=1S/C8H8NOP/c1-2-5-9-6-7(11)3-4-8(9)10/h1,3-4,6H,5,11H2. The fourth-order valence-corrected chi connectivity index (χ4v) is 1.05. The summed E-state index contributed by atoms with van der Waals surface area (Å²) in [5, 5.41) is 0.958. The average molecular weight is 165 g/mol. The van der Waals surface area contributed by atoms with Crippen LogP contribution in [-0.2, 0) is 6.54 Å². The molecule has 0 saturated heterocycles. The summed E-state index contributed by atoms with van der Waals surface area (Å²) in [4.78, 5) is 11.0. The highest BCUT2D eigenvalue weighted by Gasteiger charge is 1.91. The molecule has 1 aromatic rings. The van der Waals surface area contributed by atoms with E-state index >= 15 is 0 Å². The van der Waals surface area contributed by atoms with E-state index in [-0.39, 0.29) is 5.56 Å². The molecule has 2 nitrogen and oxygen atoms in total. The summed E-state index contributed by atoms with van der Waals surface area (Å²) in [6.07, 6.45) is 6.78. The highest BCUT2D eigenvalue weighted by molar-refractivity contribution is 7.27. The first-order chi connectivity index (χ1) is 5.24. The minimum atomic E-state index is -0.0610. The van der Waals surface area contributed by atoms with Gasteiger partial charge in [0.05, 0.1) is 6.54 Å². The van der Waals surface area contributed by atoms with E-state index in [0.717, 1.165) is 5.30 Å². The Morgan fingerprint density at radius 2 is 2.36 bits per heavy atom. The number of terminal acetylenes is 1. The Labute approximate surface area is 67.4 Å². The van der Waals surface area contributed by atoms with Crippen molar-refractivity contribution in [3.8, 4) is 12.3 Å². The van der Waals surface area contributed by atoms with Gasteiger partial charge < -0.3 is 4.57 Å². The van der Waals surface area contributed by atoms with Gasteiger partial charge in [0.15, 0.2) is 0 Å². The van der Waals surface area contributed by atoms with E-state index in [1.54, 1.807) is 12.3 Å². The second-order valence-corrected chi connectivity index (χ2v) is 2.80. The Balaban J connectivity index is 3.15. The van der Waals surface area contributed by atoms with Crippen LogP contribution in [0.25, 0.3) is 0 Å². The first kappa shape index (κ1) is 8.04. The predicted octanol–water partition coefficient (Wildman–Crippen LogP) is -0.0181. The van der Waals surface area contributed by atoms with Crippen molar-refractivity contribution in [3.63, 3.8) is 0 Å². The normalized spacial score (nSPS) is 9.09. The summed E-state index contributed by atoms with van der Waals surface area (Å²) in [6.45, 7) is 0.334. The SMILES string of the molecule is C#CCn1cc(P)ccc1=O. The molecule has 0 N–H and O–H groups in total. The summed E-state index contributed by atoms with van der Waals surface area (Å²) in [5.74, 6) is 2.41. The highest BCUT2D eigenvalue weighted by atomic mass is 31.0. The summed E-state index contributed by atoms with van der Waals surface area (Å²) in [7, 11) is 2.51. The molecule has 1 aromatic heterocycles. The molecule has 0 saturated carbocycles. The molecule has 1 rings (SSSR count). The van der Waals surface area contributed by atoms with Crippen molar-refractivity contribution in [1.82, 2.24) is 4.57 Å². The fourth-order valence-electron chi connectivity index (χ4n) is 0.772. The molecule has 56 valence electrons. The molecule has 0 aliphatic heterocycles. The van der Waals surface area contributed by atoms with Gasteiger partial charge in [-0.25, -0.2) is 0 Å². The molecule has 1 unspecified atom stereocenters. The van der Waals surface area contributed by atoms with Gasteiger partial charge in [-0.2, -0.15) is 0 Å². The van der Waals surface area contributed by atoms with E-state index in [2.05, 4.69) is 15.2 Å². The van der Waals surface area contributed by atoms with Gasteiger partial charge in [-0.1, -0.05) is 5.92 Å². The molecule has 1 heterocycles. The van der Waals surface area contributed by atoms with E-state index in [0.29, 0.717) is 6.54 Å². The van der Waals surface area contributed by atoms with Gasteiger partial charge in [0, 0.05) is 12.3 Å². The lowest BCUT2D eigenvalue weighted by molar-refractivity contribution is 0.801. The van der Waals surface area contributed by atoms with E-state index in [9.17, 15) is 4.79 Å². The Hall–Kier alpha value is -1.06. The Morgan fingerprint density at radius 1 is 1.64 bits per heavy atom. The number of hydrogen-bond donors (Lipinski definition) is 0. The third-order valence-electron chi connectivity index (χ3n) is 1.27. The maximum absolute atomic E-state index is 11.0. The Morgan fingerprint density at radius 3 is 3.00 bits per heavy atom. The van der Waals surface area contributed by atoms with Crippen molar-refractivity contribution in [2.24, 2.45) is 0 Å². The maximum Gasteiger partial charge on any atom is 0.251 e. The summed E-state index contributed by atoms with van der Waals surface area (Å²) < 4.78 is 1.49. The van der Waals surface area contributed by atoms with Crippen LogP contribution in [0.4, 0.5) is 0 Å². The van der Waals surface area contributed by atoms with Crippen molar-refractivity contribution in [2.75, 3.05) is 0 Å². The van der Waals surface area contributed by atoms with E-state index in [1.807, 2.05) is 0 Å². The van der Waals surface area contributed by atoms with Crippen LogP contribution in [0, 0.1) is 12.3 Å². The number of rotatable bonds is 1. The molecule has 0 bridgehead atoms. The van der Waals surface area contributed by atoms with Crippen LogP contribution in [0.15, 0.2) is 23.1 Å². The monoisotopic (exact) mass is 165 g/mol. The molecule has 11 heavy (non-hydrogen) atoms. The van der Waals surface area contributed by atoms with Crippen molar-refractivity contribution in [2.45, 2.75) is 6.54 Å². The molecular weight excluding hydrogens is 157 g/mol. The van der Waals surface area contributed by atoms with Gasteiger partial charge in [0.2, 0.25) is 0 Å². The van der Waals surface area contributed by atoms with Gasteiger partial charge in [-0.3, -0.25) is 4.79 Å².